The Bertz CT molecular complexity index is 341. The van der Waals surface area contributed by atoms with Crippen LogP contribution in [0.4, 0.5) is 0 Å². The third-order valence-corrected chi connectivity index (χ3v) is 2.31. The van der Waals surface area contributed by atoms with E-state index in [1.807, 2.05) is 24.3 Å². The van der Waals surface area contributed by atoms with Crippen LogP contribution in [0.15, 0.2) is 24.3 Å². The van der Waals surface area contributed by atoms with Gasteiger partial charge in [-0.15, -0.1) is 0 Å². The van der Waals surface area contributed by atoms with Crippen molar-refractivity contribution in [1.82, 2.24) is 4.90 Å². The van der Waals surface area contributed by atoms with Crippen LogP contribution in [0, 0.1) is 0 Å². The standard InChI is InChI=1S/C11H14ClNO2/c1-13(8-11(14)15)6-5-9-3-2-4-10(12)7-9/h2-4,7H,5-6,8H2,1H3,(H,14,15). The number of hydrogen-bond acceptors (Lipinski definition) is 2. The highest BCUT2D eigenvalue weighted by atomic mass is 35.5. The third-order valence-electron chi connectivity index (χ3n) is 2.08. The second kappa shape index (κ2) is 5.73. The van der Waals surface area contributed by atoms with Gasteiger partial charge in [0.15, 0.2) is 0 Å². The van der Waals surface area contributed by atoms with E-state index in [2.05, 4.69) is 0 Å². The van der Waals surface area contributed by atoms with Gasteiger partial charge in [-0.2, -0.15) is 0 Å². The van der Waals surface area contributed by atoms with Gasteiger partial charge in [0.25, 0.3) is 0 Å². The summed E-state index contributed by atoms with van der Waals surface area (Å²) < 4.78 is 0. The minimum absolute atomic E-state index is 0.0700. The van der Waals surface area contributed by atoms with Gasteiger partial charge in [-0.25, -0.2) is 0 Å². The molecule has 0 bridgehead atoms. The number of carbonyl (C=O) groups is 1. The number of carboxylic acid groups (broad SMARTS) is 1. The second-order valence-electron chi connectivity index (χ2n) is 3.51. The molecule has 0 unspecified atom stereocenters. The molecule has 82 valence electrons. The van der Waals surface area contributed by atoms with Crippen molar-refractivity contribution >= 4 is 17.6 Å². The average molecular weight is 228 g/mol. The number of benzene rings is 1. The number of hydrogen-bond donors (Lipinski definition) is 1. The zero-order valence-corrected chi connectivity index (χ0v) is 9.37. The van der Waals surface area contributed by atoms with Crippen LogP contribution in [0.3, 0.4) is 0 Å². The molecule has 1 aromatic rings. The van der Waals surface area contributed by atoms with Crippen LogP contribution in [0.25, 0.3) is 0 Å². The molecule has 4 heteroatoms. The van der Waals surface area contributed by atoms with Gasteiger partial charge in [0.1, 0.15) is 0 Å². The van der Waals surface area contributed by atoms with Crippen molar-refractivity contribution in [3.63, 3.8) is 0 Å². The Morgan fingerprint density at radius 3 is 2.87 bits per heavy atom. The molecule has 0 aliphatic rings. The summed E-state index contributed by atoms with van der Waals surface area (Å²) in [5.41, 5.74) is 1.12. The van der Waals surface area contributed by atoms with Crippen molar-refractivity contribution in [1.29, 1.82) is 0 Å². The Labute approximate surface area is 94.3 Å². The minimum Gasteiger partial charge on any atom is -0.480 e. The molecule has 0 radical (unpaired) electrons. The van der Waals surface area contributed by atoms with E-state index < -0.39 is 5.97 Å². The molecule has 0 aliphatic heterocycles. The Morgan fingerprint density at radius 2 is 2.27 bits per heavy atom. The Balaban J connectivity index is 2.40. The van der Waals surface area contributed by atoms with Crippen LogP contribution in [0.5, 0.6) is 0 Å². The topological polar surface area (TPSA) is 40.5 Å². The van der Waals surface area contributed by atoms with E-state index in [-0.39, 0.29) is 6.54 Å². The lowest BCUT2D eigenvalue weighted by molar-refractivity contribution is -0.137. The average Bonchev–Trinajstić information content (AvgIpc) is 2.14. The van der Waals surface area contributed by atoms with E-state index in [4.69, 9.17) is 16.7 Å². The molecule has 0 saturated heterocycles. The van der Waals surface area contributed by atoms with E-state index in [1.54, 1.807) is 11.9 Å². The number of carboxylic acids is 1. The molecule has 3 nitrogen and oxygen atoms in total. The van der Waals surface area contributed by atoms with E-state index in [1.165, 1.54) is 0 Å². The zero-order chi connectivity index (χ0) is 11.3. The first-order valence-electron chi connectivity index (χ1n) is 4.72. The van der Waals surface area contributed by atoms with Gasteiger partial charge in [0.05, 0.1) is 6.54 Å². The summed E-state index contributed by atoms with van der Waals surface area (Å²) in [6.07, 6.45) is 0.810. The predicted octanol–water partition coefficient (Wildman–Crippen LogP) is 1.90. The molecule has 1 aromatic carbocycles. The third kappa shape index (κ3) is 4.81. The van der Waals surface area contributed by atoms with E-state index in [9.17, 15) is 4.79 Å². The fourth-order valence-corrected chi connectivity index (χ4v) is 1.54. The van der Waals surface area contributed by atoms with Gasteiger partial charge >= 0.3 is 5.97 Å². The molecule has 0 atom stereocenters. The molecule has 15 heavy (non-hydrogen) atoms. The molecule has 0 fully saturated rings. The maximum atomic E-state index is 10.4. The summed E-state index contributed by atoms with van der Waals surface area (Å²) in [6.45, 7) is 0.785. The number of aliphatic carboxylic acids is 1. The lowest BCUT2D eigenvalue weighted by atomic mass is 10.1. The van der Waals surface area contributed by atoms with Crippen LogP contribution in [-0.4, -0.2) is 36.1 Å². The molecular weight excluding hydrogens is 214 g/mol. The SMILES string of the molecule is CN(CCc1cccc(Cl)c1)CC(=O)O. The molecule has 0 amide bonds. The molecule has 1 rings (SSSR count). The number of nitrogens with zero attached hydrogens (tertiary/aromatic N) is 1. The van der Waals surface area contributed by atoms with Crippen molar-refractivity contribution in [3.05, 3.63) is 34.9 Å². The van der Waals surface area contributed by atoms with Gasteiger partial charge < -0.3 is 5.11 Å². The first-order valence-corrected chi connectivity index (χ1v) is 5.10. The molecular formula is C11H14ClNO2. The van der Waals surface area contributed by atoms with E-state index in [0.717, 1.165) is 12.0 Å². The number of likely N-dealkylation sites (N-methyl/N-ethyl adjacent to an activating group) is 1. The van der Waals surface area contributed by atoms with Crippen molar-refractivity contribution in [3.8, 4) is 0 Å². The summed E-state index contributed by atoms with van der Waals surface area (Å²) >= 11 is 5.84. The fraction of sp³-hybridized carbons (Fsp3) is 0.364. The molecule has 0 aromatic heterocycles. The predicted molar refractivity (Wildman–Crippen MR) is 60.3 cm³/mol. The molecule has 0 heterocycles. The minimum atomic E-state index is -0.802. The van der Waals surface area contributed by atoms with Crippen LogP contribution in [0.2, 0.25) is 5.02 Å². The Kier molecular flexibility index (Phi) is 4.59. The first-order chi connectivity index (χ1) is 7.08. The quantitative estimate of drug-likeness (QED) is 0.835. The van der Waals surface area contributed by atoms with Gasteiger partial charge in [-0.05, 0) is 31.2 Å². The smallest absolute Gasteiger partial charge is 0.317 e. The largest absolute Gasteiger partial charge is 0.480 e. The van der Waals surface area contributed by atoms with Gasteiger partial charge in [-0.3, -0.25) is 9.69 Å². The van der Waals surface area contributed by atoms with Crippen molar-refractivity contribution in [2.45, 2.75) is 6.42 Å². The Morgan fingerprint density at radius 1 is 1.53 bits per heavy atom. The van der Waals surface area contributed by atoms with Gasteiger partial charge in [0, 0.05) is 11.6 Å². The molecule has 0 spiro atoms. The number of halogens is 1. The van der Waals surface area contributed by atoms with Gasteiger partial charge in [-0.1, -0.05) is 23.7 Å². The lowest BCUT2D eigenvalue weighted by Crippen LogP contribution is -2.27. The fourth-order valence-electron chi connectivity index (χ4n) is 1.32. The van der Waals surface area contributed by atoms with Gasteiger partial charge in [0.2, 0.25) is 0 Å². The molecule has 0 aliphatic carbocycles. The molecule has 1 N–H and O–H groups in total. The highest BCUT2D eigenvalue weighted by Crippen LogP contribution is 2.11. The van der Waals surface area contributed by atoms with Crippen molar-refractivity contribution in [2.75, 3.05) is 20.1 Å². The second-order valence-corrected chi connectivity index (χ2v) is 3.95. The first kappa shape index (κ1) is 12.0. The van der Waals surface area contributed by atoms with Crippen LogP contribution in [0.1, 0.15) is 5.56 Å². The highest BCUT2D eigenvalue weighted by Gasteiger charge is 2.04. The van der Waals surface area contributed by atoms with Crippen molar-refractivity contribution < 1.29 is 9.90 Å². The Hall–Kier alpha value is -1.06. The highest BCUT2D eigenvalue weighted by molar-refractivity contribution is 6.30. The van der Waals surface area contributed by atoms with E-state index >= 15 is 0 Å². The lowest BCUT2D eigenvalue weighted by Gasteiger charge is -2.13. The maximum absolute atomic E-state index is 10.4. The van der Waals surface area contributed by atoms with Crippen LogP contribution in [-0.2, 0) is 11.2 Å². The monoisotopic (exact) mass is 227 g/mol. The molecule has 0 saturated carbocycles. The number of rotatable bonds is 5. The normalized spacial score (nSPS) is 10.6. The van der Waals surface area contributed by atoms with Crippen LogP contribution < -0.4 is 0 Å². The summed E-state index contributed by atoms with van der Waals surface area (Å²) in [6, 6.07) is 7.61. The maximum Gasteiger partial charge on any atom is 0.317 e. The summed E-state index contributed by atoms with van der Waals surface area (Å²) in [5, 5.41) is 9.28. The summed E-state index contributed by atoms with van der Waals surface area (Å²) in [4.78, 5) is 12.2. The van der Waals surface area contributed by atoms with Crippen LogP contribution >= 0.6 is 11.6 Å². The zero-order valence-electron chi connectivity index (χ0n) is 8.61. The van der Waals surface area contributed by atoms with Crippen molar-refractivity contribution in [2.24, 2.45) is 0 Å². The summed E-state index contributed by atoms with van der Waals surface area (Å²) in [5.74, 6) is -0.802. The van der Waals surface area contributed by atoms with E-state index in [0.29, 0.717) is 11.6 Å². The summed E-state index contributed by atoms with van der Waals surface area (Å²) in [7, 11) is 1.79.